The SMILES string of the molecule is Cc1cccc(-c2ccnc(=O)[nH]2)c1. The Balaban J connectivity index is 2.55. The molecule has 1 heterocycles. The van der Waals surface area contributed by atoms with Gasteiger partial charge in [-0.25, -0.2) is 9.78 Å². The second-order valence-electron chi connectivity index (χ2n) is 3.16. The normalized spacial score (nSPS) is 10.1. The summed E-state index contributed by atoms with van der Waals surface area (Å²) < 4.78 is 0. The molecule has 0 aliphatic carbocycles. The molecule has 0 atom stereocenters. The first-order chi connectivity index (χ1) is 6.75. The van der Waals surface area contributed by atoms with Crippen molar-refractivity contribution in [2.75, 3.05) is 0 Å². The van der Waals surface area contributed by atoms with Crippen LogP contribution >= 0.6 is 0 Å². The highest BCUT2D eigenvalue weighted by Crippen LogP contribution is 2.15. The maximum Gasteiger partial charge on any atom is 0.345 e. The Labute approximate surface area is 81.5 Å². The first kappa shape index (κ1) is 8.69. The van der Waals surface area contributed by atoms with Gasteiger partial charge in [-0.05, 0) is 24.6 Å². The molecule has 0 bridgehead atoms. The minimum absolute atomic E-state index is 0.316. The first-order valence-corrected chi connectivity index (χ1v) is 4.38. The molecular weight excluding hydrogens is 176 g/mol. The van der Waals surface area contributed by atoms with E-state index >= 15 is 0 Å². The van der Waals surface area contributed by atoms with Crippen LogP contribution in [-0.4, -0.2) is 9.97 Å². The highest BCUT2D eigenvalue weighted by atomic mass is 16.1. The van der Waals surface area contributed by atoms with Gasteiger partial charge in [0.1, 0.15) is 0 Å². The number of aromatic nitrogens is 2. The molecule has 1 aromatic carbocycles. The lowest BCUT2D eigenvalue weighted by atomic mass is 10.1. The van der Waals surface area contributed by atoms with Gasteiger partial charge < -0.3 is 4.98 Å². The van der Waals surface area contributed by atoms with Crippen molar-refractivity contribution < 1.29 is 0 Å². The van der Waals surface area contributed by atoms with E-state index in [0.717, 1.165) is 11.3 Å². The molecular formula is C11H10N2O. The third-order valence-electron chi connectivity index (χ3n) is 2.00. The molecule has 0 saturated heterocycles. The van der Waals surface area contributed by atoms with E-state index in [9.17, 15) is 4.79 Å². The van der Waals surface area contributed by atoms with Crippen LogP contribution in [-0.2, 0) is 0 Å². The van der Waals surface area contributed by atoms with Crippen LogP contribution in [0.5, 0.6) is 0 Å². The number of benzene rings is 1. The molecule has 14 heavy (non-hydrogen) atoms. The molecule has 0 aliphatic heterocycles. The Kier molecular flexibility index (Phi) is 2.14. The fourth-order valence-electron chi connectivity index (χ4n) is 1.35. The number of aryl methyl sites for hydroxylation is 1. The Morgan fingerprint density at radius 3 is 2.86 bits per heavy atom. The summed E-state index contributed by atoms with van der Waals surface area (Å²) in [5.74, 6) is 0. The quantitative estimate of drug-likeness (QED) is 0.737. The van der Waals surface area contributed by atoms with Crippen molar-refractivity contribution in [3.63, 3.8) is 0 Å². The van der Waals surface area contributed by atoms with E-state index in [-0.39, 0.29) is 5.69 Å². The Morgan fingerprint density at radius 1 is 1.29 bits per heavy atom. The standard InChI is InChI=1S/C11H10N2O/c1-8-3-2-4-9(7-8)10-5-6-12-11(14)13-10/h2-7H,1H3,(H,12,13,14). The van der Waals surface area contributed by atoms with Crippen molar-refractivity contribution >= 4 is 0 Å². The number of H-pyrrole nitrogens is 1. The van der Waals surface area contributed by atoms with Gasteiger partial charge in [0.2, 0.25) is 0 Å². The number of nitrogens with zero attached hydrogens (tertiary/aromatic N) is 1. The summed E-state index contributed by atoms with van der Waals surface area (Å²) in [6.07, 6.45) is 1.51. The van der Waals surface area contributed by atoms with Gasteiger partial charge in [-0.1, -0.05) is 23.8 Å². The molecule has 1 N–H and O–H groups in total. The van der Waals surface area contributed by atoms with Gasteiger partial charge in [-0.3, -0.25) is 0 Å². The minimum atomic E-state index is -0.316. The molecule has 0 unspecified atom stereocenters. The number of nitrogens with one attached hydrogen (secondary N) is 1. The zero-order valence-corrected chi connectivity index (χ0v) is 7.82. The smallest absolute Gasteiger partial charge is 0.305 e. The van der Waals surface area contributed by atoms with Gasteiger partial charge in [0.15, 0.2) is 0 Å². The van der Waals surface area contributed by atoms with Crippen LogP contribution in [0.2, 0.25) is 0 Å². The third kappa shape index (κ3) is 1.71. The molecule has 3 nitrogen and oxygen atoms in total. The van der Waals surface area contributed by atoms with Crippen molar-refractivity contribution in [2.45, 2.75) is 6.92 Å². The van der Waals surface area contributed by atoms with E-state index in [1.54, 1.807) is 6.07 Å². The van der Waals surface area contributed by atoms with Crippen LogP contribution in [0, 0.1) is 6.92 Å². The number of aromatic amines is 1. The molecule has 0 amide bonds. The lowest BCUT2D eigenvalue weighted by Gasteiger charge is -2.01. The third-order valence-corrected chi connectivity index (χ3v) is 2.00. The van der Waals surface area contributed by atoms with Gasteiger partial charge in [0, 0.05) is 6.20 Å². The molecule has 2 aromatic rings. The van der Waals surface area contributed by atoms with E-state index in [2.05, 4.69) is 9.97 Å². The summed E-state index contributed by atoms with van der Waals surface area (Å²) in [7, 11) is 0. The highest BCUT2D eigenvalue weighted by Gasteiger charge is 1.97. The van der Waals surface area contributed by atoms with Gasteiger partial charge in [0.05, 0.1) is 5.69 Å². The maximum absolute atomic E-state index is 11.0. The number of hydrogen-bond acceptors (Lipinski definition) is 2. The van der Waals surface area contributed by atoms with Crippen molar-refractivity contribution in [2.24, 2.45) is 0 Å². The van der Waals surface area contributed by atoms with Gasteiger partial charge in [-0.15, -0.1) is 0 Å². The monoisotopic (exact) mass is 186 g/mol. The molecule has 0 spiro atoms. The number of rotatable bonds is 1. The molecule has 3 heteroatoms. The molecule has 2 rings (SSSR count). The average Bonchev–Trinajstić information content (AvgIpc) is 2.18. The lowest BCUT2D eigenvalue weighted by Crippen LogP contribution is -2.09. The fourth-order valence-corrected chi connectivity index (χ4v) is 1.35. The summed E-state index contributed by atoms with van der Waals surface area (Å²) in [6, 6.07) is 9.74. The second-order valence-corrected chi connectivity index (χ2v) is 3.16. The van der Waals surface area contributed by atoms with E-state index in [1.807, 2.05) is 31.2 Å². The Bertz CT molecular complexity index is 502. The second kappa shape index (κ2) is 3.46. The molecule has 0 aliphatic rings. The van der Waals surface area contributed by atoms with E-state index < -0.39 is 0 Å². The lowest BCUT2D eigenvalue weighted by molar-refractivity contribution is 1.08. The topological polar surface area (TPSA) is 45.8 Å². The molecule has 0 radical (unpaired) electrons. The molecule has 0 saturated carbocycles. The van der Waals surface area contributed by atoms with Crippen molar-refractivity contribution in [1.29, 1.82) is 0 Å². The maximum atomic E-state index is 11.0. The van der Waals surface area contributed by atoms with E-state index in [0.29, 0.717) is 0 Å². The van der Waals surface area contributed by atoms with E-state index in [1.165, 1.54) is 11.8 Å². The molecule has 0 fully saturated rings. The average molecular weight is 186 g/mol. The van der Waals surface area contributed by atoms with Crippen LogP contribution < -0.4 is 5.69 Å². The molecule has 1 aromatic heterocycles. The van der Waals surface area contributed by atoms with Crippen LogP contribution in [0.15, 0.2) is 41.3 Å². The largest absolute Gasteiger partial charge is 0.345 e. The zero-order chi connectivity index (χ0) is 9.97. The van der Waals surface area contributed by atoms with Gasteiger partial charge >= 0.3 is 5.69 Å². The minimum Gasteiger partial charge on any atom is -0.305 e. The summed E-state index contributed by atoms with van der Waals surface area (Å²) >= 11 is 0. The summed E-state index contributed by atoms with van der Waals surface area (Å²) in [4.78, 5) is 17.2. The van der Waals surface area contributed by atoms with E-state index in [4.69, 9.17) is 0 Å². The van der Waals surface area contributed by atoms with Crippen LogP contribution in [0.4, 0.5) is 0 Å². The van der Waals surface area contributed by atoms with Gasteiger partial charge in [-0.2, -0.15) is 0 Å². The van der Waals surface area contributed by atoms with Crippen molar-refractivity contribution in [1.82, 2.24) is 9.97 Å². The fraction of sp³-hybridized carbons (Fsp3) is 0.0909. The summed E-state index contributed by atoms with van der Waals surface area (Å²) in [6.45, 7) is 2.02. The zero-order valence-electron chi connectivity index (χ0n) is 7.82. The van der Waals surface area contributed by atoms with Crippen molar-refractivity contribution in [3.8, 4) is 11.3 Å². The first-order valence-electron chi connectivity index (χ1n) is 4.38. The number of hydrogen-bond donors (Lipinski definition) is 1. The van der Waals surface area contributed by atoms with Gasteiger partial charge in [0.25, 0.3) is 0 Å². The van der Waals surface area contributed by atoms with Crippen molar-refractivity contribution in [3.05, 3.63) is 52.6 Å². The molecule has 70 valence electrons. The highest BCUT2D eigenvalue weighted by molar-refractivity contribution is 5.59. The van der Waals surface area contributed by atoms with Crippen LogP contribution in [0.25, 0.3) is 11.3 Å². The van der Waals surface area contributed by atoms with Crippen LogP contribution in [0.3, 0.4) is 0 Å². The Morgan fingerprint density at radius 2 is 2.14 bits per heavy atom. The summed E-state index contributed by atoms with van der Waals surface area (Å²) in [5.41, 5.74) is 2.65. The predicted molar refractivity (Wildman–Crippen MR) is 55.0 cm³/mol. The summed E-state index contributed by atoms with van der Waals surface area (Å²) in [5, 5.41) is 0. The van der Waals surface area contributed by atoms with Crippen LogP contribution in [0.1, 0.15) is 5.56 Å². The predicted octanol–water partition coefficient (Wildman–Crippen LogP) is 1.75. The Hall–Kier alpha value is -1.90.